The topological polar surface area (TPSA) is 72.9 Å². The predicted molar refractivity (Wildman–Crippen MR) is 116 cm³/mol. The standard InChI is InChI=1S/C21H36N6O/c1-4-5-6-9-18(2)25-21(22-3)24-13-11-20(28)27-16-14-26(15-17-27)19-10-7-8-12-23-19/h7-8,10,12,18H,4-6,9,11,13-17H2,1-3H3,(H2,22,24,25). The van der Waals surface area contributed by atoms with Crippen molar-refractivity contribution in [3.8, 4) is 0 Å². The molecule has 2 rings (SSSR count). The Hall–Kier alpha value is -2.31. The van der Waals surface area contributed by atoms with E-state index in [1.54, 1.807) is 7.05 Å². The van der Waals surface area contributed by atoms with Crippen LogP contribution >= 0.6 is 0 Å². The SMILES string of the molecule is CCCCCC(C)NC(=NC)NCCC(=O)N1CCN(c2ccccn2)CC1. The van der Waals surface area contributed by atoms with Crippen LogP contribution in [0.4, 0.5) is 5.82 Å². The minimum Gasteiger partial charge on any atom is -0.356 e. The van der Waals surface area contributed by atoms with Gasteiger partial charge in [-0.3, -0.25) is 9.79 Å². The summed E-state index contributed by atoms with van der Waals surface area (Å²) in [5.74, 6) is 1.95. The molecule has 0 spiro atoms. The van der Waals surface area contributed by atoms with Crippen molar-refractivity contribution in [1.29, 1.82) is 0 Å². The number of pyridine rings is 1. The molecule has 28 heavy (non-hydrogen) atoms. The van der Waals surface area contributed by atoms with Gasteiger partial charge in [-0.1, -0.05) is 32.3 Å². The first kappa shape index (κ1) is 22.0. The Bertz CT molecular complexity index is 598. The first-order chi connectivity index (χ1) is 13.6. The van der Waals surface area contributed by atoms with Crippen molar-refractivity contribution in [1.82, 2.24) is 20.5 Å². The molecule has 0 aliphatic carbocycles. The largest absolute Gasteiger partial charge is 0.356 e. The van der Waals surface area contributed by atoms with Crippen molar-refractivity contribution in [2.75, 3.05) is 44.7 Å². The first-order valence-electron chi connectivity index (χ1n) is 10.5. The number of amides is 1. The fraction of sp³-hybridized carbons (Fsp3) is 0.667. The van der Waals surface area contributed by atoms with Crippen molar-refractivity contribution in [2.45, 2.75) is 52.0 Å². The maximum Gasteiger partial charge on any atom is 0.224 e. The van der Waals surface area contributed by atoms with Gasteiger partial charge in [-0.15, -0.1) is 0 Å². The van der Waals surface area contributed by atoms with E-state index in [1.807, 2.05) is 29.3 Å². The van der Waals surface area contributed by atoms with E-state index in [2.05, 4.69) is 39.4 Å². The lowest BCUT2D eigenvalue weighted by Crippen LogP contribution is -2.50. The summed E-state index contributed by atoms with van der Waals surface area (Å²) < 4.78 is 0. The summed E-state index contributed by atoms with van der Waals surface area (Å²) in [7, 11) is 1.77. The van der Waals surface area contributed by atoms with Crippen LogP contribution in [0, 0.1) is 0 Å². The zero-order chi connectivity index (χ0) is 20.2. The van der Waals surface area contributed by atoms with Crippen LogP contribution in [0.15, 0.2) is 29.4 Å². The molecule has 0 bridgehead atoms. The quantitative estimate of drug-likeness (QED) is 0.386. The summed E-state index contributed by atoms with van der Waals surface area (Å²) in [6.45, 7) is 8.14. The van der Waals surface area contributed by atoms with E-state index in [-0.39, 0.29) is 5.91 Å². The van der Waals surface area contributed by atoms with Crippen LogP contribution in [0.25, 0.3) is 0 Å². The first-order valence-corrected chi connectivity index (χ1v) is 10.5. The number of piperazine rings is 1. The summed E-state index contributed by atoms with van der Waals surface area (Å²) in [5, 5.41) is 6.67. The van der Waals surface area contributed by atoms with Crippen LogP contribution in [0.2, 0.25) is 0 Å². The van der Waals surface area contributed by atoms with Gasteiger partial charge in [-0.05, 0) is 25.5 Å². The van der Waals surface area contributed by atoms with Crippen LogP contribution in [-0.4, -0.2) is 67.6 Å². The normalized spacial score (nSPS) is 16.0. The molecule has 1 aromatic rings. The molecular formula is C21H36N6O. The molecule has 1 aliphatic heterocycles. The molecule has 0 saturated carbocycles. The molecule has 1 aliphatic rings. The Morgan fingerprint density at radius 1 is 1.25 bits per heavy atom. The van der Waals surface area contributed by atoms with E-state index in [0.29, 0.717) is 19.0 Å². The Kier molecular flexibility index (Phi) is 9.59. The van der Waals surface area contributed by atoms with E-state index < -0.39 is 0 Å². The van der Waals surface area contributed by atoms with Gasteiger partial charge in [-0.25, -0.2) is 4.98 Å². The molecule has 1 amide bonds. The van der Waals surface area contributed by atoms with Gasteiger partial charge < -0.3 is 20.4 Å². The lowest BCUT2D eigenvalue weighted by molar-refractivity contribution is -0.131. The highest BCUT2D eigenvalue weighted by molar-refractivity contribution is 5.81. The van der Waals surface area contributed by atoms with Crippen LogP contribution in [0.3, 0.4) is 0 Å². The number of aliphatic imine (C=N–C) groups is 1. The average molecular weight is 389 g/mol. The van der Waals surface area contributed by atoms with Crippen molar-refractivity contribution < 1.29 is 4.79 Å². The number of carbonyl (C=O) groups is 1. The zero-order valence-electron chi connectivity index (χ0n) is 17.7. The highest BCUT2D eigenvalue weighted by atomic mass is 16.2. The second-order valence-electron chi connectivity index (χ2n) is 7.35. The summed E-state index contributed by atoms with van der Waals surface area (Å²) in [5.41, 5.74) is 0. The third kappa shape index (κ3) is 7.37. The second kappa shape index (κ2) is 12.2. The maximum atomic E-state index is 12.5. The molecule has 1 aromatic heterocycles. The summed E-state index contributed by atoms with van der Waals surface area (Å²) in [6.07, 6.45) is 7.15. The minimum atomic E-state index is 0.194. The van der Waals surface area contributed by atoms with Crippen molar-refractivity contribution in [2.24, 2.45) is 4.99 Å². The fourth-order valence-electron chi connectivity index (χ4n) is 3.37. The van der Waals surface area contributed by atoms with E-state index >= 15 is 0 Å². The monoisotopic (exact) mass is 388 g/mol. The van der Waals surface area contributed by atoms with Crippen molar-refractivity contribution in [3.05, 3.63) is 24.4 Å². The molecule has 1 saturated heterocycles. The Morgan fingerprint density at radius 3 is 2.68 bits per heavy atom. The van der Waals surface area contributed by atoms with E-state index in [9.17, 15) is 4.79 Å². The summed E-state index contributed by atoms with van der Waals surface area (Å²) >= 11 is 0. The molecule has 1 unspecified atom stereocenters. The molecule has 2 heterocycles. The van der Waals surface area contributed by atoms with Crippen LogP contribution in [0.5, 0.6) is 0 Å². The summed E-state index contributed by atoms with van der Waals surface area (Å²) in [6, 6.07) is 6.32. The van der Waals surface area contributed by atoms with E-state index in [0.717, 1.165) is 44.4 Å². The number of nitrogens with one attached hydrogen (secondary N) is 2. The number of nitrogens with zero attached hydrogens (tertiary/aromatic N) is 4. The van der Waals surface area contributed by atoms with Crippen LogP contribution < -0.4 is 15.5 Å². The van der Waals surface area contributed by atoms with Gasteiger partial charge in [0.2, 0.25) is 5.91 Å². The third-order valence-electron chi connectivity index (χ3n) is 5.08. The van der Waals surface area contributed by atoms with E-state index in [4.69, 9.17) is 0 Å². The highest BCUT2D eigenvalue weighted by Crippen LogP contribution is 2.12. The molecule has 0 radical (unpaired) electrons. The van der Waals surface area contributed by atoms with Crippen LogP contribution in [0.1, 0.15) is 46.0 Å². The van der Waals surface area contributed by atoms with Gasteiger partial charge in [0.15, 0.2) is 5.96 Å². The van der Waals surface area contributed by atoms with E-state index in [1.165, 1.54) is 19.3 Å². The van der Waals surface area contributed by atoms with Gasteiger partial charge in [0, 0.05) is 58.4 Å². The Morgan fingerprint density at radius 2 is 2.04 bits per heavy atom. The number of hydrogen-bond acceptors (Lipinski definition) is 4. The number of aromatic nitrogens is 1. The number of rotatable bonds is 9. The lowest BCUT2D eigenvalue weighted by Gasteiger charge is -2.35. The predicted octanol–water partition coefficient (Wildman–Crippen LogP) is 2.25. The molecule has 1 fully saturated rings. The summed E-state index contributed by atoms with van der Waals surface area (Å²) in [4.78, 5) is 25.3. The highest BCUT2D eigenvalue weighted by Gasteiger charge is 2.21. The van der Waals surface area contributed by atoms with Gasteiger partial charge >= 0.3 is 0 Å². The zero-order valence-corrected chi connectivity index (χ0v) is 17.7. The maximum absolute atomic E-state index is 12.5. The van der Waals surface area contributed by atoms with Gasteiger partial charge in [0.25, 0.3) is 0 Å². The number of guanidine groups is 1. The van der Waals surface area contributed by atoms with Gasteiger partial charge in [-0.2, -0.15) is 0 Å². The molecule has 1 atom stereocenters. The Labute approximate surface area is 169 Å². The second-order valence-corrected chi connectivity index (χ2v) is 7.35. The average Bonchev–Trinajstić information content (AvgIpc) is 2.74. The molecule has 0 aromatic carbocycles. The lowest BCUT2D eigenvalue weighted by atomic mass is 10.1. The number of hydrogen-bond donors (Lipinski definition) is 2. The third-order valence-corrected chi connectivity index (χ3v) is 5.08. The molecule has 7 heteroatoms. The molecular weight excluding hydrogens is 352 g/mol. The number of carbonyl (C=O) groups excluding carboxylic acids is 1. The van der Waals surface area contributed by atoms with Crippen LogP contribution in [-0.2, 0) is 4.79 Å². The van der Waals surface area contributed by atoms with Crippen molar-refractivity contribution in [3.63, 3.8) is 0 Å². The van der Waals surface area contributed by atoms with Crippen molar-refractivity contribution >= 4 is 17.7 Å². The molecule has 2 N–H and O–H groups in total. The number of anilines is 1. The molecule has 7 nitrogen and oxygen atoms in total. The smallest absolute Gasteiger partial charge is 0.224 e. The Balaban J connectivity index is 1.65. The van der Waals surface area contributed by atoms with Gasteiger partial charge in [0.1, 0.15) is 5.82 Å². The number of unbranched alkanes of at least 4 members (excludes halogenated alkanes) is 2. The fourth-order valence-corrected chi connectivity index (χ4v) is 3.37. The van der Waals surface area contributed by atoms with Gasteiger partial charge in [0.05, 0.1) is 0 Å². The minimum absolute atomic E-state index is 0.194. The molecule has 156 valence electrons.